The van der Waals surface area contributed by atoms with E-state index in [0.717, 1.165) is 6.07 Å². The van der Waals surface area contributed by atoms with Gasteiger partial charge in [-0.2, -0.15) is 13.2 Å². The van der Waals surface area contributed by atoms with E-state index in [1.807, 2.05) is 0 Å². The molecule has 0 spiro atoms. The SMILES string of the molecule is COC(=O)[C@@H](N)Cc1ccc(-c2c(C(F)(F)F)cc(C)n(C)c2=O)c2c1CCCO2. The third-order valence-corrected chi connectivity index (χ3v) is 5.36. The van der Waals surface area contributed by atoms with E-state index in [0.29, 0.717) is 30.6 Å². The van der Waals surface area contributed by atoms with E-state index in [1.165, 1.54) is 31.7 Å². The van der Waals surface area contributed by atoms with Gasteiger partial charge in [0.1, 0.15) is 11.8 Å². The number of rotatable bonds is 4. The number of alkyl halides is 3. The summed E-state index contributed by atoms with van der Waals surface area (Å²) in [5, 5.41) is 0. The predicted octanol–water partition coefficient (Wildman–Crippen LogP) is 2.75. The van der Waals surface area contributed by atoms with Crippen molar-refractivity contribution >= 4 is 5.97 Å². The number of aryl methyl sites for hydroxylation is 1. The van der Waals surface area contributed by atoms with Crippen LogP contribution in [0, 0.1) is 6.92 Å². The highest BCUT2D eigenvalue weighted by atomic mass is 19.4. The summed E-state index contributed by atoms with van der Waals surface area (Å²) in [5.41, 5.74) is 5.30. The van der Waals surface area contributed by atoms with E-state index in [2.05, 4.69) is 4.74 Å². The second kappa shape index (κ2) is 8.14. The Balaban J connectivity index is 2.23. The van der Waals surface area contributed by atoms with Crippen LogP contribution in [0.5, 0.6) is 5.75 Å². The minimum atomic E-state index is -4.71. The fourth-order valence-corrected chi connectivity index (χ4v) is 3.70. The van der Waals surface area contributed by atoms with Gasteiger partial charge >= 0.3 is 12.1 Å². The third-order valence-electron chi connectivity index (χ3n) is 5.36. The molecule has 1 aliphatic rings. The number of halogens is 3. The lowest BCUT2D eigenvalue weighted by Gasteiger charge is -2.25. The van der Waals surface area contributed by atoms with E-state index in [4.69, 9.17) is 10.5 Å². The van der Waals surface area contributed by atoms with Crippen LogP contribution in [0.3, 0.4) is 0 Å². The first-order chi connectivity index (χ1) is 14.1. The Bertz CT molecular complexity index is 1040. The first-order valence-corrected chi connectivity index (χ1v) is 9.45. The molecule has 1 aliphatic heterocycles. The van der Waals surface area contributed by atoms with Crippen LogP contribution >= 0.6 is 0 Å². The Morgan fingerprint density at radius 2 is 2.07 bits per heavy atom. The van der Waals surface area contributed by atoms with Crippen molar-refractivity contribution in [3.05, 3.63) is 50.9 Å². The molecule has 1 atom stereocenters. The lowest BCUT2D eigenvalue weighted by Crippen LogP contribution is -2.34. The quantitative estimate of drug-likeness (QED) is 0.764. The number of hydrogen-bond acceptors (Lipinski definition) is 5. The molecule has 2 aromatic rings. The van der Waals surface area contributed by atoms with Crippen LogP contribution in [0.25, 0.3) is 11.1 Å². The summed E-state index contributed by atoms with van der Waals surface area (Å²) >= 11 is 0. The average molecular weight is 424 g/mol. The third kappa shape index (κ3) is 3.94. The molecule has 6 nitrogen and oxygen atoms in total. The number of carbonyl (C=O) groups excluding carboxylic acids is 1. The van der Waals surface area contributed by atoms with Gasteiger partial charge in [0.2, 0.25) is 0 Å². The number of nitrogens with zero attached hydrogens (tertiary/aromatic N) is 1. The molecule has 0 unspecified atom stereocenters. The molecule has 162 valence electrons. The van der Waals surface area contributed by atoms with Gasteiger partial charge in [0.05, 0.1) is 24.8 Å². The van der Waals surface area contributed by atoms with Gasteiger partial charge in [-0.15, -0.1) is 0 Å². The topological polar surface area (TPSA) is 83.5 Å². The number of hydrogen-bond donors (Lipinski definition) is 1. The summed E-state index contributed by atoms with van der Waals surface area (Å²) in [6.45, 7) is 1.77. The first kappa shape index (κ1) is 21.9. The van der Waals surface area contributed by atoms with Crippen molar-refractivity contribution in [2.75, 3.05) is 13.7 Å². The second-order valence-electron chi connectivity index (χ2n) is 7.30. The van der Waals surface area contributed by atoms with Crippen molar-refractivity contribution in [3.63, 3.8) is 0 Å². The van der Waals surface area contributed by atoms with E-state index >= 15 is 0 Å². The summed E-state index contributed by atoms with van der Waals surface area (Å²) in [6, 6.07) is 3.09. The van der Waals surface area contributed by atoms with Crippen LogP contribution < -0.4 is 16.0 Å². The molecule has 30 heavy (non-hydrogen) atoms. The number of ether oxygens (including phenoxy) is 2. The molecule has 9 heteroatoms. The number of carbonyl (C=O) groups is 1. The normalized spacial score (nSPS) is 14.6. The molecule has 0 aliphatic carbocycles. The molecule has 0 saturated heterocycles. The Labute approximate surface area is 171 Å². The number of benzene rings is 1. The molecule has 2 N–H and O–H groups in total. The number of methoxy groups -OCH3 is 1. The van der Waals surface area contributed by atoms with Crippen molar-refractivity contribution in [1.82, 2.24) is 4.57 Å². The number of esters is 1. The Hall–Kier alpha value is -2.81. The van der Waals surface area contributed by atoms with Crippen LogP contribution in [0.1, 0.15) is 28.8 Å². The molecule has 0 saturated carbocycles. The minimum Gasteiger partial charge on any atom is -0.493 e. The lowest BCUT2D eigenvalue weighted by molar-refractivity contribution is -0.142. The minimum absolute atomic E-state index is 0.0908. The van der Waals surface area contributed by atoms with E-state index < -0.39 is 34.9 Å². The first-order valence-electron chi connectivity index (χ1n) is 9.45. The molecular formula is C21H23F3N2O4. The Kier molecular flexibility index (Phi) is 5.94. The molecule has 0 radical (unpaired) electrons. The molecule has 1 aromatic carbocycles. The van der Waals surface area contributed by atoms with Gasteiger partial charge in [0, 0.05) is 18.3 Å². The monoisotopic (exact) mass is 424 g/mol. The summed E-state index contributed by atoms with van der Waals surface area (Å²) in [6.07, 6.45) is -3.35. The standard InChI is InChI=1S/C21H23F3N2O4/c1-11-9-15(21(22,23)24)17(19(27)26(11)2)14-7-6-12(10-16(25)20(28)29-3)13-5-4-8-30-18(13)14/h6-7,9,16H,4-5,8,10,25H2,1-3H3/t16-/m0/s1. The van der Waals surface area contributed by atoms with Crippen LogP contribution in [-0.4, -0.2) is 30.3 Å². The van der Waals surface area contributed by atoms with Gasteiger partial charge in [0.25, 0.3) is 5.56 Å². The number of fused-ring (bicyclic) bond motifs is 1. The summed E-state index contributed by atoms with van der Waals surface area (Å²) in [7, 11) is 2.66. The highest BCUT2D eigenvalue weighted by Crippen LogP contribution is 2.42. The van der Waals surface area contributed by atoms with E-state index in [9.17, 15) is 22.8 Å². The molecule has 0 amide bonds. The highest BCUT2D eigenvalue weighted by molar-refractivity contribution is 5.78. The maximum Gasteiger partial charge on any atom is 0.417 e. The van der Waals surface area contributed by atoms with Gasteiger partial charge in [-0.1, -0.05) is 12.1 Å². The second-order valence-corrected chi connectivity index (χ2v) is 7.30. The number of pyridine rings is 1. The molecule has 1 aromatic heterocycles. The zero-order valence-electron chi connectivity index (χ0n) is 16.9. The largest absolute Gasteiger partial charge is 0.493 e. The Morgan fingerprint density at radius 1 is 1.37 bits per heavy atom. The van der Waals surface area contributed by atoms with Crippen molar-refractivity contribution in [2.24, 2.45) is 12.8 Å². The van der Waals surface area contributed by atoms with Crippen molar-refractivity contribution in [1.29, 1.82) is 0 Å². The van der Waals surface area contributed by atoms with Crippen LogP contribution in [0.15, 0.2) is 23.0 Å². The van der Waals surface area contributed by atoms with Crippen molar-refractivity contribution in [2.45, 2.75) is 38.4 Å². The van der Waals surface area contributed by atoms with Gasteiger partial charge in [-0.3, -0.25) is 9.59 Å². The number of nitrogens with two attached hydrogens (primary N) is 1. The van der Waals surface area contributed by atoms with E-state index in [-0.39, 0.29) is 23.4 Å². The van der Waals surface area contributed by atoms with Gasteiger partial charge in [-0.25, -0.2) is 0 Å². The van der Waals surface area contributed by atoms with Gasteiger partial charge < -0.3 is 19.8 Å². The molecule has 0 bridgehead atoms. The highest BCUT2D eigenvalue weighted by Gasteiger charge is 2.37. The maximum atomic E-state index is 13.8. The van der Waals surface area contributed by atoms with Gasteiger partial charge in [0.15, 0.2) is 0 Å². The van der Waals surface area contributed by atoms with Crippen LogP contribution in [-0.2, 0) is 35.6 Å². The maximum absolute atomic E-state index is 13.8. The molecule has 3 rings (SSSR count). The molecular weight excluding hydrogens is 401 g/mol. The van der Waals surface area contributed by atoms with E-state index in [1.54, 1.807) is 6.07 Å². The van der Waals surface area contributed by atoms with Crippen molar-refractivity contribution in [3.8, 4) is 16.9 Å². The molecule has 2 heterocycles. The zero-order chi connectivity index (χ0) is 22.2. The van der Waals surface area contributed by atoms with Gasteiger partial charge in [-0.05, 0) is 43.4 Å². The number of aromatic nitrogens is 1. The van der Waals surface area contributed by atoms with Crippen LogP contribution in [0.2, 0.25) is 0 Å². The Morgan fingerprint density at radius 3 is 2.70 bits per heavy atom. The van der Waals surface area contributed by atoms with Crippen LogP contribution in [0.4, 0.5) is 13.2 Å². The molecule has 0 fully saturated rings. The van der Waals surface area contributed by atoms with Crippen molar-refractivity contribution < 1.29 is 27.4 Å². The fraction of sp³-hybridized carbons (Fsp3) is 0.429. The smallest absolute Gasteiger partial charge is 0.417 e. The predicted molar refractivity (Wildman–Crippen MR) is 104 cm³/mol. The summed E-state index contributed by atoms with van der Waals surface area (Å²) in [5.74, 6) is -0.349. The fourth-order valence-electron chi connectivity index (χ4n) is 3.70. The average Bonchev–Trinajstić information content (AvgIpc) is 2.71. The summed E-state index contributed by atoms with van der Waals surface area (Å²) < 4.78 is 52.9. The summed E-state index contributed by atoms with van der Waals surface area (Å²) in [4.78, 5) is 24.6. The zero-order valence-corrected chi connectivity index (χ0v) is 16.9. The lowest BCUT2D eigenvalue weighted by atomic mass is 9.89.